The number of allylic oxidation sites excluding steroid dienone is 15. The van der Waals surface area contributed by atoms with E-state index in [1.807, 2.05) is 33.3 Å². The van der Waals surface area contributed by atoms with Crippen LogP contribution in [0.15, 0.2) is 97.2 Å². The van der Waals surface area contributed by atoms with Crippen LogP contribution in [0.5, 0.6) is 0 Å². The van der Waals surface area contributed by atoms with E-state index >= 15 is 0 Å². The number of esters is 1. The van der Waals surface area contributed by atoms with Gasteiger partial charge in [0.2, 0.25) is 5.91 Å². The van der Waals surface area contributed by atoms with Crippen molar-refractivity contribution in [2.75, 3.05) is 40.9 Å². The molecule has 0 aromatic rings. The van der Waals surface area contributed by atoms with Gasteiger partial charge in [0.15, 0.2) is 0 Å². The first kappa shape index (κ1) is 81.9. The number of hydrogen-bond donors (Lipinski definition) is 1. The van der Waals surface area contributed by atoms with Crippen molar-refractivity contribution in [1.82, 2.24) is 5.32 Å². The summed E-state index contributed by atoms with van der Waals surface area (Å²) in [6.07, 6.45) is 86.7. The molecule has 0 radical (unpaired) electrons. The maximum absolute atomic E-state index is 13.6. The van der Waals surface area contributed by atoms with Crippen LogP contribution in [0.1, 0.15) is 316 Å². The van der Waals surface area contributed by atoms with E-state index in [9.17, 15) is 19.0 Å². The molecular formula is C75H135N2O7P. The fourth-order valence-electron chi connectivity index (χ4n) is 10.1. The number of nitrogens with one attached hydrogen (secondary N) is 1. The molecule has 1 amide bonds. The molecule has 85 heavy (non-hydrogen) atoms. The number of unbranched alkanes of at least 4 members (excludes halogenated alkanes) is 34. The molecule has 0 aromatic carbocycles. The highest BCUT2D eigenvalue weighted by Gasteiger charge is 2.27. The smallest absolute Gasteiger partial charge is 0.306 e. The molecule has 0 bridgehead atoms. The van der Waals surface area contributed by atoms with Gasteiger partial charge in [0, 0.05) is 12.8 Å². The van der Waals surface area contributed by atoms with E-state index in [-0.39, 0.29) is 24.9 Å². The van der Waals surface area contributed by atoms with E-state index in [1.165, 1.54) is 167 Å². The van der Waals surface area contributed by atoms with Crippen molar-refractivity contribution in [1.29, 1.82) is 0 Å². The van der Waals surface area contributed by atoms with Crippen LogP contribution in [-0.4, -0.2) is 69.4 Å². The molecule has 0 heterocycles. The first-order valence-corrected chi connectivity index (χ1v) is 37.0. The number of nitrogens with zero attached hydrogens (tertiary/aromatic N) is 1. The van der Waals surface area contributed by atoms with Crippen LogP contribution in [0.4, 0.5) is 0 Å². The number of quaternary nitrogens is 1. The minimum atomic E-state index is -4.71. The van der Waals surface area contributed by atoms with Crippen LogP contribution < -0.4 is 10.2 Å². The van der Waals surface area contributed by atoms with E-state index in [0.717, 1.165) is 109 Å². The van der Waals surface area contributed by atoms with E-state index in [0.29, 0.717) is 23.9 Å². The van der Waals surface area contributed by atoms with Gasteiger partial charge < -0.3 is 28.5 Å². The highest BCUT2D eigenvalue weighted by Crippen LogP contribution is 2.38. The second kappa shape index (κ2) is 63.9. The van der Waals surface area contributed by atoms with E-state index in [2.05, 4.69) is 111 Å². The van der Waals surface area contributed by atoms with Crippen molar-refractivity contribution in [2.24, 2.45) is 0 Å². The van der Waals surface area contributed by atoms with Crippen LogP contribution in [-0.2, 0) is 27.9 Å². The highest BCUT2D eigenvalue weighted by molar-refractivity contribution is 7.45. The van der Waals surface area contributed by atoms with Crippen molar-refractivity contribution in [3.63, 3.8) is 0 Å². The molecule has 1 N–H and O–H groups in total. The predicted molar refractivity (Wildman–Crippen MR) is 367 cm³/mol. The standard InChI is InChI=1S/C75H135N2O7P/c1-7-10-13-16-19-22-25-28-30-32-34-36-37-38-39-41-42-44-46-49-52-55-58-61-64-67-74(78)76-72(71-83-85(80,81)82-70-69-77(4,5)6)73(66-63-60-57-54-51-48-27-24-21-18-15-12-9-3)84-75(79)68-65-62-59-56-53-50-47-45-43-40-35-33-31-29-26-23-20-17-14-11-8-2/h11,14,19-20,22-23,28-31,35,40,45,47,63,66,72-73H,7-10,12-13,15-18,21,24-27,32-34,36-39,41-44,46,48-62,64-65,67-71H2,1-6H3,(H-,76,78,80,81)/b14-11-,22-19-,23-20-,30-28-,31-29-,40-35-,47-45-,66-63-. The molecule has 0 saturated carbocycles. The zero-order valence-corrected chi connectivity index (χ0v) is 57.2. The van der Waals surface area contributed by atoms with Crippen LogP contribution >= 0.6 is 7.82 Å². The van der Waals surface area contributed by atoms with Gasteiger partial charge >= 0.3 is 5.97 Å². The Morgan fingerprint density at radius 2 is 0.753 bits per heavy atom. The Kier molecular flexibility index (Phi) is 61.6. The van der Waals surface area contributed by atoms with Crippen molar-refractivity contribution in [3.05, 3.63) is 97.2 Å². The lowest BCUT2D eigenvalue weighted by Crippen LogP contribution is -2.47. The summed E-state index contributed by atoms with van der Waals surface area (Å²) in [6.45, 7) is 6.72. The third kappa shape index (κ3) is 65.2. The summed E-state index contributed by atoms with van der Waals surface area (Å²) in [6, 6.07) is -0.902. The molecule has 0 rings (SSSR count). The molecule has 0 aliphatic heterocycles. The first-order chi connectivity index (χ1) is 41.4. The summed E-state index contributed by atoms with van der Waals surface area (Å²) < 4.78 is 30.4. The van der Waals surface area contributed by atoms with Gasteiger partial charge in [0.05, 0.1) is 33.8 Å². The molecule has 0 spiro atoms. The van der Waals surface area contributed by atoms with E-state index in [4.69, 9.17) is 13.8 Å². The maximum atomic E-state index is 13.6. The van der Waals surface area contributed by atoms with Gasteiger partial charge in [-0.05, 0) is 109 Å². The monoisotopic (exact) mass is 1210 g/mol. The summed E-state index contributed by atoms with van der Waals surface area (Å²) in [5.41, 5.74) is 0. The van der Waals surface area contributed by atoms with Gasteiger partial charge in [0.1, 0.15) is 19.3 Å². The van der Waals surface area contributed by atoms with E-state index < -0.39 is 26.6 Å². The number of carbonyl (C=O) groups excluding carboxylic acids is 2. The lowest BCUT2D eigenvalue weighted by Gasteiger charge is -2.30. The second-order valence-corrected chi connectivity index (χ2v) is 26.4. The van der Waals surface area contributed by atoms with Gasteiger partial charge in [-0.2, -0.15) is 0 Å². The van der Waals surface area contributed by atoms with Crippen LogP contribution in [0.25, 0.3) is 0 Å². The zero-order chi connectivity index (χ0) is 62.1. The second-order valence-electron chi connectivity index (χ2n) is 25.0. The minimum Gasteiger partial charge on any atom is -0.756 e. The van der Waals surface area contributed by atoms with Crippen molar-refractivity contribution < 1.29 is 37.3 Å². The number of rotatable bonds is 64. The number of likely N-dealkylation sites (N-methyl/N-ethyl adjacent to an activating group) is 1. The number of phosphoric ester groups is 1. The normalized spacial score (nSPS) is 14.1. The summed E-state index contributed by atoms with van der Waals surface area (Å²) in [5.74, 6) is -0.558. The highest BCUT2D eigenvalue weighted by atomic mass is 31.2. The molecule has 0 fully saturated rings. The molecule has 492 valence electrons. The third-order valence-electron chi connectivity index (χ3n) is 15.5. The van der Waals surface area contributed by atoms with Gasteiger partial charge in [0.25, 0.3) is 7.82 Å². The molecule has 3 atom stereocenters. The van der Waals surface area contributed by atoms with Gasteiger partial charge in [-0.15, -0.1) is 0 Å². The molecule has 9 nitrogen and oxygen atoms in total. The maximum Gasteiger partial charge on any atom is 0.306 e. The summed E-state index contributed by atoms with van der Waals surface area (Å²) in [7, 11) is 1.17. The van der Waals surface area contributed by atoms with Gasteiger partial charge in [-0.25, -0.2) is 0 Å². The number of ether oxygens (including phenoxy) is 1. The average Bonchev–Trinajstić information content (AvgIpc) is 3.48. The molecule has 0 aromatic heterocycles. The van der Waals surface area contributed by atoms with Crippen LogP contribution in [0, 0.1) is 0 Å². The van der Waals surface area contributed by atoms with Crippen LogP contribution in [0.3, 0.4) is 0 Å². The molecule has 0 aliphatic rings. The van der Waals surface area contributed by atoms with Crippen LogP contribution in [0.2, 0.25) is 0 Å². The number of carbonyl (C=O) groups is 2. The Hall–Kier alpha value is -3.07. The number of phosphoric acid groups is 1. The zero-order valence-electron chi connectivity index (χ0n) is 56.3. The number of hydrogen-bond acceptors (Lipinski definition) is 7. The first-order valence-electron chi connectivity index (χ1n) is 35.5. The fourth-order valence-corrected chi connectivity index (χ4v) is 10.8. The summed E-state index contributed by atoms with van der Waals surface area (Å²) in [4.78, 5) is 40.2. The Morgan fingerprint density at radius 3 is 1.15 bits per heavy atom. The lowest BCUT2D eigenvalue weighted by molar-refractivity contribution is -0.870. The fraction of sp³-hybridized carbons (Fsp3) is 0.760. The van der Waals surface area contributed by atoms with Gasteiger partial charge in [-0.3, -0.25) is 14.2 Å². The topological polar surface area (TPSA) is 114 Å². The summed E-state index contributed by atoms with van der Waals surface area (Å²) in [5, 5.41) is 3.04. The van der Waals surface area contributed by atoms with Gasteiger partial charge in [-0.1, -0.05) is 292 Å². The van der Waals surface area contributed by atoms with Crippen molar-refractivity contribution >= 4 is 19.7 Å². The molecule has 10 heteroatoms. The SMILES string of the molecule is CC/C=C\C/C=C\C/C=C\C/C=C\C/C=C\CCCCCCCC(=O)OC(/C=C\CCCCCCCCCCCCC)C(COP(=O)([O-])OCC[N+](C)(C)C)NC(=O)CCCCCCCCCCCCCCCCC/C=C\C/C=C\CCCCC. The Labute approximate surface area is 526 Å². The molecule has 3 unspecified atom stereocenters. The Balaban J connectivity index is 5.13. The molecule has 0 saturated heterocycles. The quantitative estimate of drug-likeness (QED) is 0.0212. The van der Waals surface area contributed by atoms with Crippen molar-refractivity contribution in [2.45, 2.75) is 328 Å². The largest absolute Gasteiger partial charge is 0.756 e. The van der Waals surface area contributed by atoms with Crippen molar-refractivity contribution in [3.8, 4) is 0 Å². The lowest BCUT2D eigenvalue weighted by atomic mass is 10.0. The van der Waals surface area contributed by atoms with E-state index in [1.54, 1.807) is 0 Å². The third-order valence-corrected chi connectivity index (χ3v) is 16.5. The predicted octanol–water partition coefficient (Wildman–Crippen LogP) is 22.0. The number of amides is 1. The Bertz CT molecular complexity index is 1780. The molecule has 0 aliphatic carbocycles. The molecular weight excluding hydrogens is 1070 g/mol. The minimum absolute atomic E-state index is 0.0288. The average molecular weight is 1210 g/mol. The summed E-state index contributed by atoms with van der Waals surface area (Å²) >= 11 is 0. The Morgan fingerprint density at radius 1 is 0.424 bits per heavy atom.